The first-order valence-corrected chi connectivity index (χ1v) is 20.5. The molecular formula is C25H17F28N5S6. The Morgan fingerprint density at radius 3 is 1.02 bits per heavy atom. The van der Waals surface area contributed by atoms with Crippen molar-refractivity contribution < 1.29 is 123 Å². The summed E-state index contributed by atoms with van der Waals surface area (Å²) in [6.07, 6.45) is -28.5. The van der Waals surface area contributed by atoms with Crippen LogP contribution in [0.2, 0.25) is 0 Å². The van der Waals surface area contributed by atoms with Gasteiger partial charge < -0.3 is 18.9 Å². The lowest BCUT2D eigenvalue weighted by Gasteiger charge is -2.34. The molecule has 3 heterocycles. The predicted molar refractivity (Wildman–Crippen MR) is 174 cm³/mol. The summed E-state index contributed by atoms with van der Waals surface area (Å²) >= 11 is 2.73. The standard InChI is InChI=1S/C25H17F28N5S6/c1-2-61-11-12(57(6-17(32,33)21(40,41)25(51,52)53)13(59)56(11)5-16(30,31)20(38,39)24(48,49)50)64-58-62-9-10(63-58)55(4-15(28,29)19(36,37)23(45,46)47)8-60-7-54(9)3-14(26,27)18(34,35)22(42,43)44/h2-8H2,1H3. The third-order valence-electron chi connectivity index (χ3n) is 7.90. The molecule has 0 aliphatic carbocycles. The molecular weight excluding hydrogens is 1090 g/mol. The first kappa shape index (κ1) is 56.8. The smallest absolute Gasteiger partial charge is 0.347 e. The van der Waals surface area contributed by atoms with E-state index in [4.69, 9.17) is 0 Å². The highest BCUT2D eigenvalue weighted by molar-refractivity contribution is 8.30. The number of alkyl halides is 28. The van der Waals surface area contributed by atoms with Gasteiger partial charge in [-0.05, 0) is 18.0 Å². The van der Waals surface area contributed by atoms with Crippen LogP contribution in [0.1, 0.15) is 6.92 Å². The van der Waals surface area contributed by atoms with Crippen LogP contribution in [0.5, 0.6) is 0 Å². The van der Waals surface area contributed by atoms with Crippen LogP contribution in [-0.2, 0) is 13.1 Å². The highest BCUT2D eigenvalue weighted by Gasteiger charge is 2.76. The number of halogens is 28. The van der Waals surface area contributed by atoms with Crippen LogP contribution < -0.4 is 0 Å². The van der Waals surface area contributed by atoms with Crippen molar-refractivity contribution in [3.63, 3.8) is 0 Å². The molecule has 374 valence electrons. The Bertz CT molecular complexity index is 1870. The number of hydrogen-bond donors (Lipinski definition) is 0. The monoisotopic (exact) mass is 1110 g/mol. The fraction of sp³-hybridized carbons (Fsp3) is 0.800. The van der Waals surface area contributed by atoms with E-state index in [-0.39, 0.29) is 36.4 Å². The molecule has 0 N–H and O–H groups in total. The molecule has 0 spiro atoms. The summed E-state index contributed by atoms with van der Waals surface area (Å²) in [6, 6.07) is 0. The zero-order chi connectivity index (χ0) is 50.3. The van der Waals surface area contributed by atoms with Gasteiger partial charge in [-0.3, -0.25) is 0 Å². The lowest BCUT2D eigenvalue weighted by atomic mass is 10.1. The topological polar surface area (TPSA) is 19.6 Å². The van der Waals surface area contributed by atoms with Crippen molar-refractivity contribution in [2.24, 2.45) is 0 Å². The predicted octanol–water partition coefficient (Wildman–Crippen LogP) is 13.5. The Balaban J connectivity index is 2.33. The number of thioether (sulfide) groups is 2. The Morgan fingerprint density at radius 2 is 0.734 bits per heavy atom. The molecule has 0 bridgehead atoms. The summed E-state index contributed by atoms with van der Waals surface area (Å²) in [5.41, 5.74) is 0. The molecule has 0 amide bonds. The quantitative estimate of drug-likeness (QED) is 0.0692. The van der Waals surface area contributed by atoms with Gasteiger partial charge in [0.05, 0.1) is 37.9 Å². The summed E-state index contributed by atoms with van der Waals surface area (Å²) in [7, 11) is 0. The average Bonchev–Trinajstić information content (AvgIpc) is 3.55. The lowest BCUT2D eigenvalue weighted by molar-refractivity contribution is -0.357. The molecule has 0 fully saturated rings. The van der Waals surface area contributed by atoms with Crippen LogP contribution in [0, 0.1) is 4.77 Å². The molecule has 0 aromatic carbocycles. The van der Waals surface area contributed by atoms with E-state index in [1.165, 1.54) is 0 Å². The molecule has 1 aromatic rings. The molecule has 64 heavy (non-hydrogen) atoms. The fourth-order valence-electron chi connectivity index (χ4n) is 4.64. The van der Waals surface area contributed by atoms with E-state index in [9.17, 15) is 123 Å². The molecule has 2 aliphatic heterocycles. The van der Waals surface area contributed by atoms with Gasteiger partial charge in [-0.1, -0.05) is 6.92 Å². The first-order chi connectivity index (χ1) is 28.2. The summed E-state index contributed by atoms with van der Waals surface area (Å²) in [4.78, 5) is -0.537. The zero-order valence-corrected chi connectivity index (χ0v) is 34.6. The second-order valence-electron chi connectivity index (χ2n) is 12.6. The van der Waals surface area contributed by atoms with Crippen LogP contribution in [-0.4, -0.2) is 125 Å². The normalized spacial score (nSPS) is 18.1. The third kappa shape index (κ3) is 10.4. The first-order valence-electron chi connectivity index (χ1n) is 15.6. The van der Waals surface area contributed by atoms with Gasteiger partial charge in [-0.2, -0.15) is 123 Å². The van der Waals surface area contributed by atoms with Crippen molar-refractivity contribution in [1.82, 2.24) is 22.0 Å². The molecule has 0 unspecified atom stereocenters. The van der Waals surface area contributed by atoms with Crippen molar-refractivity contribution in [3.05, 3.63) is 14.8 Å². The average molecular weight is 1110 g/mol. The molecule has 0 saturated carbocycles. The van der Waals surface area contributed by atoms with Crippen molar-refractivity contribution >= 4 is 71.6 Å². The Hall–Kier alpha value is -1.48. The number of aromatic nitrogens is 2. The maximum atomic E-state index is 14.9. The zero-order valence-electron chi connectivity index (χ0n) is 29.7. The second-order valence-corrected chi connectivity index (χ2v) is 18.6. The molecule has 5 nitrogen and oxygen atoms in total. The molecule has 3 rings (SSSR count). The van der Waals surface area contributed by atoms with Crippen molar-refractivity contribution in [3.8, 4) is 0 Å². The van der Waals surface area contributed by atoms with Crippen LogP contribution in [0.25, 0.3) is 0 Å². The maximum absolute atomic E-state index is 14.9. The molecule has 39 heteroatoms. The number of imidazole rings is 1. The van der Waals surface area contributed by atoms with Gasteiger partial charge >= 0.3 is 72.1 Å². The largest absolute Gasteiger partial charge is 0.459 e. The Kier molecular flexibility index (Phi) is 15.8. The minimum atomic E-state index is -7.19. The van der Waals surface area contributed by atoms with Crippen LogP contribution >= 0.6 is 71.6 Å². The second kappa shape index (κ2) is 17.8. The minimum absolute atomic E-state index is 0.0634. The lowest BCUT2D eigenvalue weighted by Crippen LogP contribution is -2.56. The van der Waals surface area contributed by atoms with Gasteiger partial charge in [0, 0.05) is 35.8 Å². The van der Waals surface area contributed by atoms with Gasteiger partial charge in [0.2, 0.25) is 0 Å². The van der Waals surface area contributed by atoms with Gasteiger partial charge in [-0.15, -0.1) is 26.6 Å². The third-order valence-corrected chi connectivity index (χ3v) is 14.2. The van der Waals surface area contributed by atoms with Crippen LogP contribution in [0.4, 0.5) is 123 Å². The Morgan fingerprint density at radius 1 is 0.453 bits per heavy atom. The van der Waals surface area contributed by atoms with E-state index in [1.54, 1.807) is 0 Å². The number of rotatable bonds is 16. The molecule has 2 aliphatic rings. The van der Waals surface area contributed by atoms with Gasteiger partial charge in [0.15, 0.2) is 4.77 Å². The number of hydrogen-bond acceptors (Lipinski definition) is 9. The highest BCUT2D eigenvalue weighted by atomic mass is 32.3. The number of nitrogens with zero attached hydrogens (tertiary/aromatic N) is 5. The van der Waals surface area contributed by atoms with Gasteiger partial charge in [0.1, 0.15) is 20.1 Å². The van der Waals surface area contributed by atoms with Gasteiger partial charge in [-0.25, -0.2) is 0 Å². The van der Waals surface area contributed by atoms with E-state index < -0.39 is 186 Å². The fourth-order valence-corrected chi connectivity index (χ4v) is 11.0. The van der Waals surface area contributed by atoms with E-state index in [2.05, 4.69) is 12.2 Å². The van der Waals surface area contributed by atoms with E-state index in [0.717, 1.165) is 6.92 Å². The van der Waals surface area contributed by atoms with Crippen LogP contribution in [0.15, 0.2) is 20.1 Å². The minimum Gasteiger partial charge on any atom is -0.347 e. The summed E-state index contributed by atoms with van der Waals surface area (Å²) in [5.74, 6) is -57.1. The van der Waals surface area contributed by atoms with Crippen molar-refractivity contribution in [2.45, 2.75) is 102 Å². The summed E-state index contributed by atoms with van der Waals surface area (Å²) < 4.78 is 383. The maximum Gasteiger partial charge on any atom is 0.459 e. The van der Waals surface area contributed by atoms with Crippen LogP contribution in [0.3, 0.4) is 0 Å². The highest BCUT2D eigenvalue weighted by Crippen LogP contribution is 2.59. The van der Waals surface area contributed by atoms with E-state index in [1.807, 2.05) is 0 Å². The van der Waals surface area contributed by atoms with Crippen molar-refractivity contribution in [2.75, 3.05) is 30.6 Å². The summed E-state index contributed by atoms with van der Waals surface area (Å²) in [6.45, 7) is -11.0. The van der Waals surface area contributed by atoms with E-state index >= 15 is 0 Å². The van der Waals surface area contributed by atoms with Crippen molar-refractivity contribution in [1.29, 1.82) is 0 Å². The Labute approximate surface area is 363 Å². The molecule has 0 atom stereocenters. The molecule has 0 saturated heterocycles. The molecule has 1 aromatic heterocycles. The molecule has 0 radical (unpaired) electrons. The van der Waals surface area contributed by atoms with Gasteiger partial charge in [0.25, 0.3) is 0 Å². The van der Waals surface area contributed by atoms with E-state index in [0.29, 0.717) is 0 Å². The summed E-state index contributed by atoms with van der Waals surface area (Å²) in [5, 5.41) is -5.80. The SMILES string of the molecule is CCSc1c(SN2SC3=C(S2)N(CC(F)(F)C(F)(F)C(F)(F)F)CSCN3CC(F)(F)C(F)(F)C(F)(F)F)n(CC(F)(F)C(F)(F)C(F)(F)F)c(=S)n1CC(F)(F)C(F)(F)C(F)(F)F.